The second-order valence-electron chi connectivity index (χ2n) is 6.68. The van der Waals surface area contributed by atoms with E-state index in [1.54, 1.807) is 25.0 Å². The van der Waals surface area contributed by atoms with E-state index in [-0.39, 0.29) is 11.2 Å². The van der Waals surface area contributed by atoms with Crippen LogP contribution in [0.3, 0.4) is 0 Å². The van der Waals surface area contributed by atoms with Gasteiger partial charge in [-0.2, -0.15) is 0 Å². The van der Waals surface area contributed by atoms with Crippen LogP contribution < -0.4 is 16.1 Å². The third kappa shape index (κ3) is 2.72. The van der Waals surface area contributed by atoms with Crippen LogP contribution in [0.4, 0.5) is 5.69 Å². The van der Waals surface area contributed by atoms with Crippen LogP contribution in [0.5, 0.6) is 0 Å². The van der Waals surface area contributed by atoms with E-state index in [4.69, 9.17) is 0 Å². The highest BCUT2D eigenvalue weighted by molar-refractivity contribution is 5.69. The molecule has 0 bridgehead atoms. The molecule has 1 aliphatic rings. The molecule has 26 heavy (non-hydrogen) atoms. The van der Waals surface area contributed by atoms with Crippen molar-refractivity contribution in [3.8, 4) is 0 Å². The summed E-state index contributed by atoms with van der Waals surface area (Å²) in [5.41, 5.74) is 1.47. The molecule has 3 aromatic rings. The molecular formula is C18H22N6O2. The van der Waals surface area contributed by atoms with E-state index in [0.29, 0.717) is 17.8 Å². The van der Waals surface area contributed by atoms with E-state index >= 15 is 0 Å². The summed E-state index contributed by atoms with van der Waals surface area (Å²) in [6.07, 6.45) is 1.56. The van der Waals surface area contributed by atoms with Crippen LogP contribution in [0.25, 0.3) is 11.2 Å². The fourth-order valence-electron chi connectivity index (χ4n) is 3.51. The first-order chi connectivity index (χ1) is 12.6. The largest absolute Gasteiger partial charge is 0.369 e. The van der Waals surface area contributed by atoms with Gasteiger partial charge in [-0.15, -0.1) is 0 Å². The third-order valence-electron chi connectivity index (χ3n) is 5.04. The van der Waals surface area contributed by atoms with Gasteiger partial charge in [0.05, 0.1) is 13.0 Å². The molecule has 1 aliphatic heterocycles. The van der Waals surface area contributed by atoms with Crippen molar-refractivity contribution in [3.05, 3.63) is 57.5 Å². The molecule has 0 radical (unpaired) electrons. The first-order valence-corrected chi connectivity index (χ1v) is 8.69. The zero-order valence-electron chi connectivity index (χ0n) is 15.0. The van der Waals surface area contributed by atoms with Gasteiger partial charge in [0.2, 0.25) is 0 Å². The number of fused-ring (bicyclic) bond motifs is 1. The van der Waals surface area contributed by atoms with Crippen molar-refractivity contribution in [2.45, 2.75) is 6.67 Å². The molecule has 8 nitrogen and oxygen atoms in total. The molecular weight excluding hydrogens is 332 g/mol. The van der Waals surface area contributed by atoms with E-state index < -0.39 is 0 Å². The lowest BCUT2D eigenvalue weighted by Crippen LogP contribution is -2.50. The molecule has 8 heteroatoms. The number of anilines is 1. The minimum Gasteiger partial charge on any atom is -0.369 e. The Morgan fingerprint density at radius 1 is 1.00 bits per heavy atom. The van der Waals surface area contributed by atoms with Crippen molar-refractivity contribution in [2.24, 2.45) is 14.1 Å². The van der Waals surface area contributed by atoms with Crippen LogP contribution in [0.15, 0.2) is 46.2 Å². The highest BCUT2D eigenvalue weighted by Crippen LogP contribution is 2.15. The van der Waals surface area contributed by atoms with E-state index in [1.807, 2.05) is 18.2 Å². The van der Waals surface area contributed by atoms with Crippen LogP contribution in [0.2, 0.25) is 0 Å². The molecule has 4 rings (SSSR count). The average molecular weight is 354 g/mol. The number of nitrogens with zero attached hydrogens (tertiary/aromatic N) is 6. The number of aryl methyl sites for hydroxylation is 2. The summed E-state index contributed by atoms with van der Waals surface area (Å²) >= 11 is 0. The van der Waals surface area contributed by atoms with Crippen LogP contribution in [0, 0.1) is 0 Å². The maximum absolute atomic E-state index is 12.8. The van der Waals surface area contributed by atoms with Crippen molar-refractivity contribution in [3.63, 3.8) is 0 Å². The van der Waals surface area contributed by atoms with Gasteiger partial charge >= 0.3 is 5.69 Å². The standard InChI is InChI=1S/C18H22N6O2/c1-20-12-19-16-15(20)17(25)24(18(26)21(16)2)13-22-8-10-23(11-9-22)14-6-4-3-5-7-14/h3-7,12H,8-11,13H2,1-2H3. The molecule has 1 fully saturated rings. The van der Waals surface area contributed by atoms with Crippen molar-refractivity contribution in [2.75, 3.05) is 31.1 Å². The van der Waals surface area contributed by atoms with E-state index in [2.05, 4.69) is 26.9 Å². The minimum atomic E-state index is -0.327. The predicted molar refractivity (Wildman–Crippen MR) is 100 cm³/mol. The Bertz CT molecular complexity index is 1040. The Hall–Kier alpha value is -2.87. The van der Waals surface area contributed by atoms with E-state index in [0.717, 1.165) is 26.2 Å². The van der Waals surface area contributed by atoms with Gasteiger partial charge in [-0.3, -0.25) is 14.3 Å². The molecule has 0 atom stereocenters. The summed E-state index contributed by atoms with van der Waals surface area (Å²) in [6.45, 7) is 3.64. The molecule has 0 N–H and O–H groups in total. The second kappa shape index (κ2) is 6.45. The summed E-state index contributed by atoms with van der Waals surface area (Å²) in [5, 5.41) is 0. The van der Waals surface area contributed by atoms with E-state index in [1.165, 1.54) is 14.8 Å². The Morgan fingerprint density at radius 3 is 2.38 bits per heavy atom. The quantitative estimate of drug-likeness (QED) is 0.673. The van der Waals surface area contributed by atoms with Crippen LogP contribution in [-0.2, 0) is 20.8 Å². The predicted octanol–water partition coefficient (Wildman–Crippen LogP) is 0.213. The van der Waals surface area contributed by atoms with Crippen LogP contribution in [-0.4, -0.2) is 49.8 Å². The SMILES string of the molecule is Cn1cnc2c1c(=O)n(CN1CCN(c3ccccc3)CC1)c(=O)n2C. The molecule has 136 valence electrons. The van der Waals surface area contributed by atoms with Gasteiger partial charge in [-0.25, -0.2) is 14.3 Å². The lowest BCUT2D eigenvalue weighted by atomic mass is 10.2. The third-order valence-corrected chi connectivity index (χ3v) is 5.04. The van der Waals surface area contributed by atoms with Crippen molar-refractivity contribution in [1.82, 2.24) is 23.6 Å². The molecule has 1 saturated heterocycles. The smallest absolute Gasteiger partial charge is 0.333 e. The fourth-order valence-corrected chi connectivity index (χ4v) is 3.51. The van der Waals surface area contributed by atoms with Gasteiger partial charge in [0.1, 0.15) is 0 Å². The summed E-state index contributed by atoms with van der Waals surface area (Å²) in [6, 6.07) is 10.3. The Kier molecular flexibility index (Phi) is 4.12. The summed E-state index contributed by atoms with van der Waals surface area (Å²) < 4.78 is 4.42. The van der Waals surface area contributed by atoms with Crippen molar-refractivity contribution in [1.29, 1.82) is 0 Å². The zero-order valence-corrected chi connectivity index (χ0v) is 15.0. The first kappa shape index (κ1) is 16.6. The highest BCUT2D eigenvalue weighted by Gasteiger charge is 2.20. The molecule has 2 aromatic heterocycles. The van der Waals surface area contributed by atoms with Gasteiger partial charge in [0.15, 0.2) is 11.2 Å². The normalized spacial score (nSPS) is 15.7. The lowest BCUT2D eigenvalue weighted by molar-refractivity contribution is 0.198. The van der Waals surface area contributed by atoms with Gasteiger partial charge in [0.25, 0.3) is 5.56 Å². The van der Waals surface area contributed by atoms with E-state index in [9.17, 15) is 9.59 Å². The topological polar surface area (TPSA) is 68.3 Å². The maximum atomic E-state index is 12.8. The van der Waals surface area contributed by atoms with Crippen molar-refractivity contribution >= 4 is 16.9 Å². The number of para-hydroxylation sites is 1. The summed E-state index contributed by atoms with van der Waals surface area (Å²) in [7, 11) is 3.42. The number of benzene rings is 1. The van der Waals surface area contributed by atoms with Gasteiger partial charge in [-0.1, -0.05) is 18.2 Å². The Labute approximate surface area is 150 Å². The highest BCUT2D eigenvalue weighted by atomic mass is 16.2. The molecule has 0 aliphatic carbocycles. The molecule has 0 saturated carbocycles. The molecule has 1 aromatic carbocycles. The Balaban J connectivity index is 1.57. The second-order valence-corrected chi connectivity index (χ2v) is 6.68. The number of imidazole rings is 1. The summed E-state index contributed by atoms with van der Waals surface area (Å²) in [4.78, 5) is 34.0. The maximum Gasteiger partial charge on any atom is 0.333 e. The van der Waals surface area contributed by atoms with Gasteiger partial charge in [0, 0.05) is 46.0 Å². The zero-order chi connectivity index (χ0) is 18.3. The average Bonchev–Trinajstić information content (AvgIpc) is 3.06. The number of piperazine rings is 1. The number of hydrogen-bond acceptors (Lipinski definition) is 5. The van der Waals surface area contributed by atoms with Gasteiger partial charge in [-0.05, 0) is 12.1 Å². The van der Waals surface area contributed by atoms with Crippen molar-refractivity contribution < 1.29 is 0 Å². The monoisotopic (exact) mass is 354 g/mol. The number of rotatable bonds is 3. The first-order valence-electron chi connectivity index (χ1n) is 8.69. The fraction of sp³-hybridized carbons (Fsp3) is 0.389. The molecule has 0 spiro atoms. The van der Waals surface area contributed by atoms with Crippen LogP contribution in [0.1, 0.15) is 0 Å². The minimum absolute atomic E-state index is 0.284. The molecule has 0 amide bonds. The summed E-state index contributed by atoms with van der Waals surface area (Å²) in [5.74, 6) is 0. The number of aromatic nitrogens is 4. The van der Waals surface area contributed by atoms with Crippen LogP contribution >= 0.6 is 0 Å². The molecule has 0 unspecified atom stereocenters. The molecule has 3 heterocycles. The Morgan fingerprint density at radius 2 is 1.69 bits per heavy atom. The lowest BCUT2D eigenvalue weighted by Gasteiger charge is -2.36. The number of hydrogen-bond donors (Lipinski definition) is 0. The van der Waals surface area contributed by atoms with Gasteiger partial charge < -0.3 is 9.47 Å².